The molecular weight excluding hydrogens is 512 g/mol. The fourth-order valence-corrected chi connectivity index (χ4v) is 3.18. The van der Waals surface area contributed by atoms with E-state index in [2.05, 4.69) is 31.6 Å². The van der Waals surface area contributed by atoms with E-state index in [1.165, 1.54) is 18.4 Å². The Bertz CT molecular complexity index is 636. The van der Waals surface area contributed by atoms with E-state index in [0.717, 1.165) is 5.56 Å². The zero-order valence-electron chi connectivity index (χ0n) is 14.0. The van der Waals surface area contributed by atoms with Crippen LogP contribution in [-0.4, -0.2) is 39.0 Å². The smallest absolute Gasteiger partial charge is 0.191 e. The van der Waals surface area contributed by atoms with Gasteiger partial charge in [-0.05, 0) is 44.0 Å². The first-order valence-corrected chi connectivity index (χ1v) is 10.2. The Morgan fingerprint density at radius 3 is 2.58 bits per heavy atom. The second-order valence-corrected chi connectivity index (χ2v) is 8.61. The van der Waals surface area contributed by atoms with E-state index in [0.29, 0.717) is 29.9 Å². The van der Waals surface area contributed by atoms with E-state index in [1.54, 1.807) is 0 Å². The summed E-state index contributed by atoms with van der Waals surface area (Å²) in [6.45, 7) is 4.84. The quantitative estimate of drug-likeness (QED) is 0.320. The zero-order valence-corrected chi connectivity index (χ0v) is 18.7. The van der Waals surface area contributed by atoms with E-state index in [9.17, 15) is 12.8 Å². The van der Waals surface area contributed by atoms with Crippen LogP contribution in [0.15, 0.2) is 27.7 Å². The van der Waals surface area contributed by atoms with Crippen LogP contribution >= 0.6 is 39.9 Å². The van der Waals surface area contributed by atoms with Gasteiger partial charge in [-0.25, -0.2) is 17.8 Å². The molecule has 24 heavy (non-hydrogen) atoms. The summed E-state index contributed by atoms with van der Waals surface area (Å²) >= 11 is 3.25. The molecule has 0 aliphatic carbocycles. The van der Waals surface area contributed by atoms with Crippen LogP contribution in [0.3, 0.4) is 0 Å². The number of aliphatic imine (C=N–C) groups is 1. The van der Waals surface area contributed by atoms with Gasteiger partial charge in [0, 0.05) is 23.3 Å². The molecule has 0 radical (unpaired) electrons. The second-order valence-electron chi connectivity index (χ2n) is 5.44. The zero-order chi connectivity index (χ0) is 17.5. The minimum Gasteiger partial charge on any atom is -0.357 e. The molecule has 0 heterocycles. The van der Waals surface area contributed by atoms with Gasteiger partial charge in [0.25, 0.3) is 0 Å². The molecule has 138 valence electrons. The lowest BCUT2D eigenvalue weighted by atomic mass is 10.2. The molecule has 0 spiro atoms. The third-order valence-electron chi connectivity index (χ3n) is 2.99. The van der Waals surface area contributed by atoms with Crippen molar-refractivity contribution in [3.05, 3.63) is 34.1 Å². The predicted molar refractivity (Wildman–Crippen MR) is 111 cm³/mol. The molecule has 1 atom stereocenters. The van der Waals surface area contributed by atoms with E-state index in [1.807, 2.05) is 19.9 Å². The van der Waals surface area contributed by atoms with Crippen LogP contribution in [0.25, 0.3) is 0 Å². The maximum absolute atomic E-state index is 13.4. The summed E-state index contributed by atoms with van der Waals surface area (Å²) in [5, 5.41) is 6.25. The first kappa shape index (κ1) is 23.6. The lowest BCUT2D eigenvalue weighted by molar-refractivity contribution is 0.581. The highest BCUT2D eigenvalue weighted by Gasteiger charge is 2.09. The van der Waals surface area contributed by atoms with Gasteiger partial charge in [0.1, 0.15) is 15.7 Å². The molecule has 0 saturated carbocycles. The Kier molecular flexibility index (Phi) is 11.0. The standard InChI is InChI=1S/C15H23BrFN3O2S.HI/c1-4-18-15(20-11(2)5-6-23(3,21)22)19-10-12-7-13(16)9-14(17)8-12;/h7-9,11H,4-6,10H2,1-3H3,(H2,18,19,20);1H. The number of sulfone groups is 1. The minimum absolute atomic E-state index is 0. The Labute approximate surface area is 169 Å². The van der Waals surface area contributed by atoms with Crippen LogP contribution in [-0.2, 0) is 16.4 Å². The molecule has 9 heteroatoms. The molecule has 0 amide bonds. The molecule has 0 fully saturated rings. The Hall–Kier alpha value is -0.420. The van der Waals surface area contributed by atoms with Crippen LogP contribution in [0.5, 0.6) is 0 Å². The highest BCUT2D eigenvalue weighted by molar-refractivity contribution is 14.0. The largest absolute Gasteiger partial charge is 0.357 e. The number of hydrogen-bond donors (Lipinski definition) is 2. The SMILES string of the molecule is CCNC(=NCc1cc(F)cc(Br)c1)NC(C)CCS(C)(=O)=O.I. The average molecular weight is 536 g/mol. The van der Waals surface area contributed by atoms with Gasteiger partial charge in [-0.3, -0.25) is 0 Å². The molecule has 1 rings (SSSR count). The molecule has 0 aromatic heterocycles. The predicted octanol–water partition coefficient (Wildman–Crippen LogP) is 3.08. The maximum Gasteiger partial charge on any atom is 0.191 e. The van der Waals surface area contributed by atoms with Crippen LogP contribution in [0, 0.1) is 5.82 Å². The van der Waals surface area contributed by atoms with Gasteiger partial charge in [-0.2, -0.15) is 0 Å². The molecular formula is C15H24BrFIN3O2S. The number of nitrogens with zero attached hydrogens (tertiary/aromatic N) is 1. The number of halogens is 3. The number of guanidine groups is 1. The molecule has 0 aliphatic rings. The summed E-state index contributed by atoms with van der Waals surface area (Å²) in [6, 6.07) is 4.60. The molecule has 1 unspecified atom stereocenters. The highest BCUT2D eigenvalue weighted by atomic mass is 127. The van der Waals surface area contributed by atoms with Gasteiger partial charge >= 0.3 is 0 Å². The van der Waals surface area contributed by atoms with Crippen molar-refractivity contribution in [1.82, 2.24) is 10.6 Å². The number of rotatable bonds is 7. The number of hydrogen-bond acceptors (Lipinski definition) is 3. The van der Waals surface area contributed by atoms with Gasteiger partial charge < -0.3 is 10.6 Å². The van der Waals surface area contributed by atoms with Gasteiger partial charge in [-0.15, -0.1) is 24.0 Å². The van der Waals surface area contributed by atoms with Crippen molar-refractivity contribution < 1.29 is 12.8 Å². The molecule has 2 N–H and O–H groups in total. The minimum atomic E-state index is -2.98. The van der Waals surface area contributed by atoms with Gasteiger partial charge in [0.05, 0.1) is 12.3 Å². The average Bonchev–Trinajstić information content (AvgIpc) is 2.41. The van der Waals surface area contributed by atoms with Crippen molar-refractivity contribution in [1.29, 1.82) is 0 Å². The van der Waals surface area contributed by atoms with Crippen LogP contribution < -0.4 is 10.6 Å². The first-order chi connectivity index (χ1) is 10.7. The van der Waals surface area contributed by atoms with Crippen molar-refractivity contribution in [2.75, 3.05) is 18.6 Å². The summed E-state index contributed by atoms with van der Waals surface area (Å²) in [7, 11) is -2.98. The summed E-state index contributed by atoms with van der Waals surface area (Å²) < 4.78 is 36.4. The normalized spacial score (nSPS) is 13.1. The fourth-order valence-electron chi connectivity index (χ4n) is 1.89. The lowest BCUT2D eigenvalue weighted by Gasteiger charge is -2.17. The van der Waals surface area contributed by atoms with Crippen molar-refractivity contribution >= 4 is 55.7 Å². The summed E-state index contributed by atoms with van der Waals surface area (Å²) in [5.74, 6) is 0.384. The molecule has 5 nitrogen and oxygen atoms in total. The Morgan fingerprint density at radius 1 is 1.38 bits per heavy atom. The van der Waals surface area contributed by atoms with E-state index in [4.69, 9.17) is 0 Å². The number of nitrogens with one attached hydrogen (secondary N) is 2. The Morgan fingerprint density at radius 2 is 2.04 bits per heavy atom. The summed E-state index contributed by atoms with van der Waals surface area (Å²) in [4.78, 5) is 4.41. The maximum atomic E-state index is 13.4. The molecule has 1 aromatic rings. The van der Waals surface area contributed by atoms with E-state index in [-0.39, 0.29) is 41.6 Å². The van der Waals surface area contributed by atoms with Crippen LogP contribution in [0.2, 0.25) is 0 Å². The van der Waals surface area contributed by atoms with E-state index >= 15 is 0 Å². The number of benzene rings is 1. The van der Waals surface area contributed by atoms with Crippen molar-refractivity contribution in [3.63, 3.8) is 0 Å². The van der Waals surface area contributed by atoms with Crippen molar-refractivity contribution in [2.24, 2.45) is 4.99 Å². The van der Waals surface area contributed by atoms with E-state index < -0.39 is 9.84 Å². The highest BCUT2D eigenvalue weighted by Crippen LogP contribution is 2.15. The summed E-state index contributed by atoms with van der Waals surface area (Å²) in [5.41, 5.74) is 0.748. The first-order valence-electron chi connectivity index (χ1n) is 7.37. The van der Waals surface area contributed by atoms with Crippen LogP contribution in [0.1, 0.15) is 25.8 Å². The van der Waals surface area contributed by atoms with Crippen LogP contribution in [0.4, 0.5) is 4.39 Å². The molecule has 0 saturated heterocycles. The monoisotopic (exact) mass is 535 g/mol. The van der Waals surface area contributed by atoms with Gasteiger partial charge in [0.2, 0.25) is 0 Å². The van der Waals surface area contributed by atoms with Crippen molar-refractivity contribution in [2.45, 2.75) is 32.9 Å². The third kappa shape index (κ3) is 10.4. The fraction of sp³-hybridized carbons (Fsp3) is 0.533. The molecule has 0 bridgehead atoms. The van der Waals surface area contributed by atoms with Gasteiger partial charge in [-0.1, -0.05) is 15.9 Å². The third-order valence-corrected chi connectivity index (χ3v) is 4.43. The van der Waals surface area contributed by atoms with Crippen molar-refractivity contribution in [3.8, 4) is 0 Å². The van der Waals surface area contributed by atoms with Gasteiger partial charge in [0.15, 0.2) is 5.96 Å². The second kappa shape index (κ2) is 11.2. The molecule has 1 aromatic carbocycles. The summed E-state index contributed by atoms with van der Waals surface area (Å²) in [6.07, 6.45) is 1.72. The topological polar surface area (TPSA) is 70.6 Å². The lowest BCUT2D eigenvalue weighted by Crippen LogP contribution is -2.42. The Balaban J connectivity index is 0.00000529. The molecule has 0 aliphatic heterocycles.